The minimum absolute atomic E-state index is 0.122. The quantitative estimate of drug-likeness (QED) is 0.635. The van der Waals surface area contributed by atoms with Gasteiger partial charge in [0, 0.05) is 5.69 Å². The minimum Gasteiger partial charge on any atom is -0.339 e. The molecule has 26 heavy (non-hydrogen) atoms. The van der Waals surface area contributed by atoms with Crippen LogP contribution in [0.2, 0.25) is 0 Å². The van der Waals surface area contributed by atoms with Crippen LogP contribution < -0.4 is 10.0 Å². The summed E-state index contributed by atoms with van der Waals surface area (Å²) in [4.78, 5) is 0.122. The number of anilines is 3. The highest BCUT2D eigenvalue weighted by Gasteiger charge is 2.22. The molecule has 3 aromatic rings. The lowest BCUT2D eigenvalue weighted by Gasteiger charge is -2.10. The Kier molecular flexibility index (Phi) is 4.64. The lowest BCUT2D eigenvalue weighted by Crippen LogP contribution is -2.16. The van der Waals surface area contributed by atoms with E-state index in [4.69, 9.17) is 0 Å². The van der Waals surface area contributed by atoms with Gasteiger partial charge in [-0.05, 0) is 57.0 Å². The molecule has 0 unspecified atom stereocenters. The van der Waals surface area contributed by atoms with E-state index in [1.807, 2.05) is 32.0 Å². The lowest BCUT2D eigenvalue weighted by molar-refractivity contribution is 0.600. The van der Waals surface area contributed by atoms with Gasteiger partial charge >= 0.3 is 0 Å². The Morgan fingerprint density at radius 1 is 0.962 bits per heavy atom. The zero-order valence-electron chi connectivity index (χ0n) is 15.0. The molecule has 2 heterocycles. The molecule has 0 aliphatic heterocycles. The zero-order chi connectivity index (χ0) is 18.9. The van der Waals surface area contributed by atoms with Crippen LogP contribution in [0.5, 0.6) is 0 Å². The van der Waals surface area contributed by atoms with Crippen molar-refractivity contribution in [3.05, 3.63) is 52.8 Å². The Labute approximate surface area is 152 Å². The van der Waals surface area contributed by atoms with Crippen molar-refractivity contribution in [2.75, 3.05) is 10.0 Å². The van der Waals surface area contributed by atoms with Crippen molar-refractivity contribution in [3.8, 4) is 0 Å². The van der Waals surface area contributed by atoms with Crippen LogP contribution in [0.4, 0.5) is 17.3 Å². The van der Waals surface area contributed by atoms with Gasteiger partial charge in [-0.3, -0.25) is 9.82 Å². The molecule has 0 aliphatic carbocycles. The fraction of sp³-hybridized carbons (Fsp3) is 0.235. The van der Waals surface area contributed by atoms with Gasteiger partial charge in [0.05, 0.1) is 11.4 Å². The molecular formula is C17H20N6O2S. The number of hydrogen-bond acceptors (Lipinski definition) is 6. The molecule has 0 fully saturated rings. The summed E-state index contributed by atoms with van der Waals surface area (Å²) in [5, 5.41) is 17.7. The van der Waals surface area contributed by atoms with E-state index in [0.29, 0.717) is 17.2 Å². The molecule has 3 rings (SSSR count). The van der Waals surface area contributed by atoms with Crippen LogP contribution >= 0.6 is 0 Å². The maximum atomic E-state index is 12.5. The van der Waals surface area contributed by atoms with Gasteiger partial charge in [0.1, 0.15) is 4.90 Å². The molecule has 9 heteroatoms. The number of benzene rings is 1. The molecule has 0 bridgehead atoms. The highest BCUT2D eigenvalue weighted by atomic mass is 32.2. The van der Waals surface area contributed by atoms with Gasteiger partial charge in [0.25, 0.3) is 10.0 Å². The summed E-state index contributed by atoms with van der Waals surface area (Å²) in [5.74, 6) is 0.661. The summed E-state index contributed by atoms with van der Waals surface area (Å²) in [6.45, 7) is 7.28. The van der Waals surface area contributed by atoms with E-state index in [1.165, 1.54) is 0 Å². The zero-order valence-corrected chi connectivity index (χ0v) is 15.8. The van der Waals surface area contributed by atoms with Crippen molar-refractivity contribution in [2.24, 2.45) is 0 Å². The summed E-state index contributed by atoms with van der Waals surface area (Å²) < 4.78 is 27.4. The summed E-state index contributed by atoms with van der Waals surface area (Å²) in [7, 11) is -3.78. The first kappa shape index (κ1) is 17.9. The lowest BCUT2D eigenvalue weighted by atomic mass is 10.1. The molecule has 0 saturated heterocycles. The average molecular weight is 372 g/mol. The van der Waals surface area contributed by atoms with Gasteiger partial charge in [-0.2, -0.15) is 5.10 Å². The van der Waals surface area contributed by atoms with Crippen LogP contribution in [-0.4, -0.2) is 28.8 Å². The van der Waals surface area contributed by atoms with Crippen LogP contribution in [0.15, 0.2) is 35.2 Å². The number of H-pyrrole nitrogens is 1. The van der Waals surface area contributed by atoms with Gasteiger partial charge in [0.2, 0.25) is 0 Å². The molecule has 0 spiro atoms. The first-order chi connectivity index (χ1) is 12.3. The first-order valence-corrected chi connectivity index (χ1v) is 9.47. The van der Waals surface area contributed by atoms with Crippen LogP contribution in [0, 0.1) is 27.7 Å². The maximum Gasteiger partial charge on any atom is 0.266 e. The summed E-state index contributed by atoms with van der Waals surface area (Å²) >= 11 is 0. The van der Waals surface area contributed by atoms with Crippen molar-refractivity contribution < 1.29 is 8.42 Å². The molecule has 136 valence electrons. The van der Waals surface area contributed by atoms with Crippen molar-refractivity contribution in [1.29, 1.82) is 0 Å². The highest BCUT2D eigenvalue weighted by molar-refractivity contribution is 7.92. The number of aromatic nitrogens is 4. The first-order valence-electron chi connectivity index (χ1n) is 7.98. The van der Waals surface area contributed by atoms with E-state index in [1.54, 1.807) is 26.0 Å². The molecular weight excluding hydrogens is 352 g/mol. The van der Waals surface area contributed by atoms with Gasteiger partial charge < -0.3 is 5.32 Å². The number of nitrogens with one attached hydrogen (secondary N) is 3. The van der Waals surface area contributed by atoms with Crippen molar-refractivity contribution in [3.63, 3.8) is 0 Å². The summed E-state index contributed by atoms with van der Waals surface area (Å²) in [5.41, 5.74) is 4.00. The van der Waals surface area contributed by atoms with Crippen LogP contribution in [0.25, 0.3) is 0 Å². The fourth-order valence-corrected chi connectivity index (χ4v) is 3.96. The predicted octanol–water partition coefficient (Wildman–Crippen LogP) is 2.98. The fourth-order valence-electron chi connectivity index (χ4n) is 2.59. The Morgan fingerprint density at radius 2 is 1.65 bits per heavy atom. The standard InChI is InChI=1S/C17H20N6O2S/c1-10-5-6-11(2)14(9-10)18-15-7-8-16(22-21-15)23-26(24,25)17-12(3)19-20-13(17)4/h5-9H,1-4H3,(H,18,21)(H,19,20)(H,22,23). The van der Waals surface area contributed by atoms with Crippen molar-refractivity contribution >= 4 is 27.3 Å². The molecule has 8 nitrogen and oxygen atoms in total. The second-order valence-electron chi connectivity index (χ2n) is 6.12. The van der Waals surface area contributed by atoms with Crippen molar-refractivity contribution in [1.82, 2.24) is 20.4 Å². The Hall–Kier alpha value is -2.94. The second kappa shape index (κ2) is 6.75. The molecule has 0 radical (unpaired) electrons. The molecule has 0 aliphatic rings. The van der Waals surface area contributed by atoms with Crippen LogP contribution in [0.1, 0.15) is 22.5 Å². The average Bonchev–Trinajstić information content (AvgIpc) is 2.92. The Bertz CT molecular complexity index is 1020. The van der Waals surface area contributed by atoms with E-state index in [9.17, 15) is 8.42 Å². The number of sulfonamides is 1. The molecule has 0 atom stereocenters. The van der Waals surface area contributed by atoms with Crippen LogP contribution in [0.3, 0.4) is 0 Å². The third-order valence-electron chi connectivity index (χ3n) is 3.89. The Morgan fingerprint density at radius 3 is 2.27 bits per heavy atom. The van der Waals surface area contributed by atoms with Gasteiger partial charge in [-0.15, -0.1) is 10.2 Å². The number of hydrogen-bond donors (Lipinski definition) is 3. The minimum atomic E-state index is -3.78. The number of nitrogens with zero attached hydrogens (tertiary/aromatic N) is 3. The predicted molar refractivity (Wildman–Crippen MR) is 100 cm³/mol. The molecule has 0 saturated carbocycles. The van der Waals surface area contributed by atoms with E-state index < -0.39 is 10.0 Å². The molecule has 3 N–H and O–H groups in total. The van der Waals surface area contributed by atoms with Crippen LogP contribution in [-0.2, 0) is 10.0 Å². The third kappa shape index (κ3) is 3.67. The smallest absolute Gasteiger partial charge is 0.266 e. The van der Waals surface area contributed by atoms with E-state index in [2.05, 4.69) is 30.4 Å². The van der Waals surface area contributed by atoms with Gasteiger partial charge in [-0.1, -0.05) is 12.1 Å². The largest absolute Gasteiger partial charge is 0.339 e. The van der Waals surface area contributed by atoms with E-state index in [-0.39, 0.29) is 10.7 Å². The van der Waals surface area contributed by atoms with Crippen molar-refractivity contribution in [2.45, 2.75) is 32.6 Å². The maximum absolute atomic E-state index is 12.5. The number of rotatable bonds is 5. The summed E-state index contributed by atoms with van der Waals surface area (Å²) in [6, 6.07) is 9.29. The van der Waals surface area contributed by atoms with E-state index in [0.717, 1.165) is 16.8 Å². The van der Waals surface area contributed by atoms with Gasteiger partial charge in [-0.25, -0.2) is 8.42 Å². The summed E-state index contributed by atoms with van der Waals surface area (Å²) in [6.07, 6.45) is 0. The molecule has 1 aromatic carbocycles. The number of aryl methyl sites for hydroxylation is 4. The monoisotopic (exact) mass is 372 g/mol. The number of aromatic amines is 1. The topological polar surface area (TPSA) is 113 Å². The Balaban J connectivity index is 1.79. The normalized spacial score (nSPS) is 11.4. The highest BCUT2D eigenvalue weighted by Crippen LogP contribution is 2.22. The second-order valence-corrected chi connectivity index (χ2v) is 7.74. The molecule has 2 aromatic heterocycles. The van der Waals surface area contributed by atoms with Gasteiger partial charge in [0.15, 0.2) is 11.6 Å². The van der Waals surface area contributed by atoms with E-state index >= 15 is 0 Å². The third-order valence-corrected chi connectivity index (χ3v) is 5.51. The molecule has 0 amide bonds. The SMILES string of the molecule is Cc1ccc(C)c(Nc2ccc(NS(=O)(=O)c3c(C)n[nH]c3C)nn2)c1.